The van der Waals surface area contributed by atoms with Crippen LogP contribution in [0.4, 0.5) is 0 Å². The second kappa shape index (κ2) is 5.93. The fourth-order valence-corrected chi connectivity index (χ4v) is 4.76. The molecule has 0 bridgehead atoms. The van der Waals surface area contributed by atoms with Gasteiger partial charge in [-0.25, -0.2) is 0 Å². The highest BCUT2D eigenvalue weighted by Gasteiger charge is 2.21. The fourth-order valence-electron chi connectivity index (χ4n) is 2.14. The number of benzene rings is 1. The molecule has 0 aliphatic carbocycles. The Kier molecular flexibility index (Phi) is 4.03. The second-order valence-electron chi connectivity index (χ2n) is 4.45. The summed E-state index contributed by atoms with van der Waals surface area (Å²) >= 11 is 3.62. The molecule has 1 aliphatic heterocycles. The fraction of sp³-hybridized carbons (Fsp3) is 0.286. The molecule has 0 saturated carbocycles. The van der Waals surface area contributed by atoms with Crippen molar-refractivity contribution in [2.24, 2.45) is 0 Å². The Morgan fingerprint density at radius 3 is 2.70 bits per heavy atom. The van der Waals surface area contributed by atoms with E-state index in [0.717, 1.165) is 17.3 Å². The van der Waals surface area contributed by atoms with Crippen LogP contribution in [0.15, 0.2) is 35.1 Å². The topological polar surface area (TPSA) is 66.0 Å². The highest BCUT2D eigenvalue weighted by atomic mass is 32.2. The Balaban J connectivity index is 2.01. The molecule has 1 fully saturated rings. The summed E-state index contributed by atoms with van der Waals surface area (Å²) in [6.45, 7) is 0. The number of aromatic nitrogens is 2. The summed E-state index contributed by atoms with van der Waals surface area (Å²) < 4.78 is 0. The van der Waals surface area contributed by atoms with E-state index >= 15 is 0 Å². The lowest BCUT2D eigenvalue weighted by molar-refractivity contribution is 0.450. The van der Waals surface area contributed by atoms with Gasteiger partial charge in [-0.2, -0.15) is 16.7 Å². The van der Waals surface area contributed by atoms with Gasteiger partial charge in [0.15, 0.2) is 0 Å². The number of aromatic amines is 1. The maximum atomic E-state index is 12.2. The number of thioether (sulfide) groups is 2. The van der Waals surface area contributed by atoms with E-state index in [2.05, 4.69) is 9.97 Å². The summed E-state index contributed by atoms with van der Waals surface area (Å²) in [7, 11) is 0. The Hall–Kier alpha value is -1.40. The molecule has 104 valence electrons. The highest BCUT2D eigenvalue weighted by Crippen LogP contribution is 2.35. The third kappa shape index (κ3) is 2.71. The zero-order valence-electron chi connectivity index (χ0n) is 10.7. The molecule has 1 aromatic carbocycles. The average Bonchev–Trinajstić information content (AvgIpc) is 2.48. The second-order valence-corrected chi connectivity index (χ2v) is 6.91. The Bertz CT molecular complexity index is 652. The maximum Gasteiger partial charge on any atom is 0.262 e. The molecule has 1 unspecified atom stereocenters. The first-order chi connectivity index (χ1) is 9.75. The first kappa shape index (κ1) is 13.6. The predicted molar refractivity (Wildman–Crippen MR) is 84.5 cm³/mol. The van der Waals surface area contributed by atoms with E-state index in [1.807, 2.05) is 30.0 Å². The van der Waals surface area contributed by atoms with Crippen LogP contribution in [0.1, 0.15) is 11.1 Å². The van der Waals surface area contributed by atoms with Gasteiger partial charge in [-0.3, -0.25) is 4.79 Å². The third-order valence-electron chi connectivity index (χ3n) is 3.10. The quantitative estimate of drug-likeness (QED) is 0.893. The smallest absolute Gasteiger partial charge is 0.262 e. The summed E-state index contributed by atoms with van der Waals surface area (Å²) in [5.74, 6) is 3.47. The minimum Gasteiger partial charge on any atom is -0.493 e. The zero-order chi connectivity index (χ0) is 13.9. The first-order valence-electron chi connectivity index (χ1n) is 6.33. The van der Waals surface area contributed by atoms with Crippen LogP contribution in [-0.2, 0) is 0 Å². The van der Waals surface area contributed by atoms with E-state index in [-0.39, 0.29) is 22.3 Å². The van der Waals surface area contributed by atoms with Crippen molar-refractivity contribution in [1.82, 2.24) is 9.97 Å². The molecule has 2 aromatic rings. The number of aromatic hydroxyl groups is 1. The standard InChI is InChI=1S/C14H14N2O2S2/c17-13-11(9-4-2-1-3-5-9)14(18)16-12(15-13)10-8-19-6-7-20-10/h1-5,10H,6-8H2,(H2,15,16,17,18). The molecular weight excluding hydrogens is 292 g/mol. The summed E-state index contributed by atoms with van der Waals surface area (Å²) in [6, 6.07) is 9.10. The summed E-state index contributed by atoms with van der Waals surface area (Å²) in [4.78, 5) is 19.3. The summed E-state index contributed by atoms with van der Waals surface area (Å²) in [5.41, 5.74) is 0.633. The number of nitrogens with zero attached hydrogens (tertiary/aromatic N) is 1. The molecule has 3 rings (SSSR count). The third-order valence-corrected chi connectivity index (χ3v) is 5.87. The van der Waals surface area contributed by atoms with Crippen LogP contribution in [-0.4, -0.2) is 32.3 Å². The molecule has 1 saturated heterocycles. The van der Waals surface area contributed by atoms with E-state index in [0.29, 0.717) is 11.4 Å². The number of rotatable bonds is 2. The van der Waals surface area contributed by atoms with Gasteiger partial charge < -0.3 is 10.1 Å². The molecule has 0 spiro atoms. The van der Waals surface area contributed by atoms with Crippen LogP contribution < -0.4 is 5.56 Å². The SMILES string of the molecule is O=c1[nH]c(C2CSCCS2)nc(O)c1-c1ccccc1. The normalized spacial score (nSPS) is 18.9. The van der Waals surface area contributed by atoms with Crippen LogP contribution in [0.5, 0.6) is 5.88 Å². The summed E-state index contributed by atoms with van der Waals surface area (Å²) in [6.07, 6.45) is 0. The van der Waals surface area contributed by atoms with Crippen molar-refractivity contribution in [3.63, 3.8) is 0 Å². The van der Waals surface area contributed by atoms with Gasteiger partial charge in [0.1, 0.15) is 11.4 Å². The van der Waals surface area contributed by atoms with E-state index in [9.17, 15) is 9.90 Å². The Labute approximate surface area is 125 Å². The van der Waals surface area contributed by atoms with Gasteiger partial charge in [-0.15, -0.1) is 11.8 Å². The molecule has 2 N–H and O–H groups in total. The van der Waals surface area contributed by atoms with Crippen LogP contribution in [0, 0.1) is 0 Å². The summed E-state index contributed by atoms with van der Waals surface area (Å²) in [5, 5.41) is 10.3. The molecule has 1 aliphatic rings. The predicted octanol–water partition coefficient (Wildman–Crippen LogP) is 2.66. The minimum atomic E-state index is -0.283. The van der Waals surface area contributed by atoms with Crippen molar-refractivity contribution in [2.45, 2.75) is 5.25 Å². The minimum absolute atomic E-state index is 0.150. The van der Waals surface area contributed by atoms with E-state index in [4.69, 9.17) is 0 Å². The molecule has 6 heteroatoms. The Morgan fingerprint density at radius 1 is 1.25 bits per heavy atom. The zero-order valence-corrected chi connectivity index (χ0v) is 12.3. The first-order valence-corrected chi connectivity index (χ1v) is 8.54. The Morgan fingerprint density at radius 2 is 2.05 bits per heavy atom. The van der Waals surface area contributed by atoms with Gasteiger partial charge in [-0.05, 0) is 5.56 Å². The molecule has 1 atom stereocenters. The van der Waals surface area contributed by atoms with Crippen LogP contribution >= 0.6 is 23.5 Å². The van der Waals surface area contributed by atoms with Crippen LogP contribution in [0.2, 0.25) is 0 Å². The lowest BCUT2D eigenvalue weighted by Gasteiger charge is -2.20. The van der Waals surface area contributed by atoms with Gasteiger partial charge in [0.2, 0.25) is 5.88 Å². The molecule has 2 heterocycles. The van der Waals surface area contributed by atoms with Crippen LogP contribution in [0.3, 0.4) is 0 Å². The molecule has 0 amide bonds. The van der Waals surface area contributed by atoms with Gasteiger partial charge in [0.25, 0.3) is 5.56 Å². The largest absolute Gasteiger partial charge is 0.493 e. The van der Waals surface area contributed by atoms with Gasteiger partial charge in [0.05, 0.1) is 5.25 Å². The van der Waals surface area contributed by atoms with E-state index < -0.39 is 0 Å². The molecular formula is C14H14N2O2S2. The lowest BCUT2D eigenvalue weighted by Crippen LogP contribution is -2.18. The number of hydrogen-bond donors (Lipinski definition) is 2. The molecule has 0 radical (unpaired) electrons. The van der Waals surface area contributed by atoms with E-state index in [1.54, 1.807) is 23.9 Å². The lowest BCUT2D eigenvalue weighted by atomic mass is 10.1. The molecule has 1 aromatic heterocycles. The average molecular weight is 306 g/mol. The van der Waals surface area contributed by atoms with Gasteiger partial charge in [-0.1, -0.05) is 30.3 Å². The van der Waals surface area contributed by atoms with E-state index in [1.165, 1.54) is 0 Å². The number of hydrogen-bond acceptors (Lipinski definition) is 5. The van der Waals surface area contributed by atoms with Crippen molar-refractivity contribution in [2.75, 3.05) is 17.3 Å². The number of H-pyrrole nitrogens is 1. The van der Waals surface area contributed by atoms with Gasteiger partial charge in [0, 0.05) is 17.3 Å². The highest BCUT2D eigenvalue weighted by molar-refractivity contribution is 8.06. The maximum absolute atomic E-state index is 12.2. The van der Waals surface area contributed by atoms with Crippen molar-refractivity contribution in [1.29, 1.82) is 0 Å². The van der Waals surface area contributed by atoms with Crippen molar-refractivity contribution in [3.8, 4) is 17.0 Å². The van der Waals surface area contributed by atoms with Crippen molar-refractivity contribution >= 4 is 23.5 Å². The molecule has 20 heavy (non-hydrogen) atoms. The monoisotopic (exact) mass is 306 g/mol. The molecule has 4 nitrogen and oxygen atoms in total. The van der Waals surface area contributed by atoms with Crippen molar-refractivity contribution in [3.05, 3.63) is 46.5 Å². The number of nitrogens with one attached hydrogen (secondary N) is 1. The van der Waals surface area contributed by atoms with Gasteiger partial charge >= 0.3 is 0 Å². The van der Waals surface area contributed by atoms with Crippen molar-refractivity contribution < 1.29 is 5.11 Å². The van der Waals surface area contributed by atoms with Crippen LogP contribution in [0.25, 0.3) is 11.1 Å².